The zero-order valence-corrected chi connectivity index (χ0v) is 8.42. The van der Waals surface area contributed by atoms with Crippen molar-refractivity contribution in [3.63, 3.8) is 0 Å². The maximum atomic E-state index is 13.0. The molecule has 1 aromatic heterocycles. The third-order valence-corrected chi connectivity index (χ3v) is 2.15. The molecule has 0 unspecified atom stereocenters. The van der Waals surface area contributed by atoms with E-state index >= 15 is 0 Å². The van der Waals surface area contributed by atoms with E-state index in [4.69, 9.17) is 16.7 Å². The van der Waals surface area contributed by atoms with Crippen LogP contribution in [0.2, 0.25) is 5.02 Å². The largest absolute Gasteiger partial charge is 0.390 e. The van der Waals surface area contributed by atoms with Crippen LogP contribution in [0.4, 0.5) is 4.39 Å². The van der Waals surface area contributed by atoms with E-state index in [1.807, 2.05) is 0 Å². The van der Waals surface area contributed by atoms with Crippen molar-refractivity contribution in [2.75, 3.05) is 0 Å². The van der Waals surface area contributed by atoms with Crippen molar-refractivity contribution in [3.05, 3.63) is 40.9 Å². The van der Waals surface area contributed by atoms with Gasteiger partial charge in [-0.05, 0) is 18.2 Å². The average Bonchev–Trinajstić information content (AvgIpc) is 2.64. The third-order valence-electron chi connectivity index (χ3n) is 1.93. The van der Waals surface area contributed by atoms with Crippen molar-refractivity contribution < 1.29 is 9.50 Å². The molecule has 0 saturated carbocycles. The zero-order valence-electron chi connectivity index (χ0n) is 7.67. The van der Waals surface area contributed by atoms with Gasteiger partial charge in [0.25, 0.3) is 0 Å². The number of imidazole rings is 1. The summed E-state index contributed by atoms with van der Waals surface area (Å²) >= 11 is 5.71. The highest BCUT2D eigenvalue weighted by Crippen LogP contribution is 2.21. The molecule has 0 saturated heterocycles. The maximum absolute atomic E-state index is 13.0. The number of rotatable bonds is 2. The van der Waals surface area contributed by atoms with E-state index in [1.165, 1.54) is 18.3 Å². The molecule has 2 aromatic rings. The number of aromatic nitrogens is 2. The van der Waals surface area contributed by atoms with E-state index in [1.54, 1.807) is 6.07 Å². The van der Waals surface area contributed by atoms with Gasteiger partial charge >= 0.3 is 0 Å². The van der Waals surface area contributed by atoms with Crippen molar-refractivity contribution in [1.82, 2.24) is 9.97 Å². The molecule has 78 valence electrons. The Morgan fingerprint density at radius 1 is 1.40 bits per heavy atom. The van der Waals surface area contributed by atoms with Gasteiger partial charge in [-0.2, -0.15) is 0 Å². The van der Waals surface area contributed by atoms with Crippen molar-refractivity contribution in [2.45, 2.75) is 6.61 Å². The first-order valence-electron chi connectivity index (χ1n) is 4.30. The molecular weight excluding hydrogens is 219 g/mol. The predicted octanol–water partition coefficient (Wildman–Crippen LogP) is 2.36. The molecule has 15 heavy (non-hydrogen) atoms. The number of halogens is 2. The highest BCUT2D eigenvalue weighted by Gasteiger charge is 2.05. The highest BCUT2D eigenvalue weighted by molar-refractivity contribution is 6.30. The summed E-state index contributed by atoms with van der Waals surface area (Å²) in [5, 5.41) is 9.15. The van der Waals surface area contributed by atoms with E-state index in [0.29, 0.717) is 22.1 Å². The second-order valence-corrected chi connectivity index (χ2v) is 3.51. The fraction of sp³-hybridized carbons (Fsp3) is 0.100. The number of nitrogens with one attached hydrogen (secondary N) is 1. The monoisotopic (exact) mass is 226 g/mol. The Bertz CT molecular complexity index is 464. The molecule has 2 N–H and O–H groups in total. The molecule has 1 heterocycles. The Morgan fingerprint density at radius 2 is 2.20 bits per heavy atom. The Labute approximate surface area is 90.5 Å². The second-order valence-electron chi connectivity index (χ2n) is 3.07. The van der Waals surface area contributed by atoms with Crippen LogP contribution in [0, 0.1) is 5.82 Å². The standard InChI is InChI=1S/C10H8ClFN2O/c11-7-1-6(2-8(12)3-7)10-13-4-9(5-15)14-10/h1-4,15H,5H2,(H,13,14). The minimum atomic E-state index is -0.417. The molecular formula is C10H8ClFN2O. The fourth-order valence-corrected chi connectivity index (χ4v) is 1.50. The molecule has 0 atom stereocenters. The van der Waals surface area contributed by atoms with Gasteiger partial charge < -0.3 is 10.1 Å². The van der Waals surface area contributed by atoms with Gasteiger partial charge in [0.05, 0.1) is 18.5 Å². The van der Waals surface area contributed by atoms with Gasteiger partial charge in [0.15, 0.2) is 0 Å². The number of nitrogens with zero attached hydrogens (tertiary/aromatic N) is 1. The highest BCUT2D eigenvalue weighted by atomic mass is 35.5. The quantitative estimate of drug-likeness (QED) is 0.826. The summed E-state index contributed by atoms with van der Waals surface area (Å²) in [4.78, 5) is 6.85. The molecule has 2 rings (SSSR count). The summed E-state index contributed by atoms with van der Waals surface area (Å²) in [5.74, 6) is 0.0694. The average molecular weight is 227 g/mol. The summed E-state index contributed by atoms with van der Waals surface area (Å²) in [7, 11) is 0. The van der Waals surface area contributed by atoms with Crippen LogP contribution < -0.4 is 0 Å². The summed E-state index contributed by atoms with van der Waals surface area (Å²) < 4.78 is 13.0. The summed E-state index contributed by atoms with van der Waals surface area (Å²) in [5.41, 5.74) is 1.13. The van der Waals surface area contributed by atoms with Gasteiger partial charge in [-0.25, -0.2) is 9.37 Å². The minimum absolute atomic E-state index is 0.129. The number of hydrogen-bond donors (Lipinski definition) is 2. The maximum Gasteiger partial charge on any atom is 0.137 e. The number of benzene rings is 1. The van der Waals surface area contributed by atoms with Crippen LogP contribution in [0.3, 0.4) is 0 Å². The number of aliphatic hydroxyl groups excluding tert-OH is 1. The molecule has 0 aliphatic carbocycles. The molecule has 0 spiro atoms. The van der Waals surface area contributed by atoms with Gasteiger partial charge in [-0.3, -0.25) is 0 Å². The molecule has 0 aliphatic rings. The van der Waals surface area contributed by atoms with E-state index in [-0.39, 0.29) is 6.61 Å². The molecule has 0 bridgehead atoms. The third kappa shape index (κ3) is 2.16. The van der Waals surface area contributed by atoms with E-state index in [2.05, 4.69) is 9.97 Å². The van der Waals surface area contributed by atoms with Gasteiger partial charge in [0, 0.05) is 10.6 Å². The Kier molecular flexibility index (Phi) is 2.70. The van der Waals surface area contributed by atoms with Crippen molar-refractivity contribution in [2.24, 2.45) is 0 Å². The number of hydrogen-bond acceptors (Lipinski definition) is 2. The van der Waals surface area contributed by atoms with Crippen molar-refractivity contribution in [1.29, 1.82) is 0 Å². The number of H-pyrrole nitrogens is 1. The van der Waals surface area contributed by atoms with Gasteiger partial charge in [-0.1, -0.05) is 11.6 Å². The first kappa shape index (κ1) is 10.1. The Hall–Kier alpha value is -1.39. The predicted molar refractivity (Wildman–Crippen MR) is 54.9 cm³/mol. The minimum Gasteiger partial charge on any atom is -0.390 e. The number of aromatic amines is 1. The molecule has 0 aliphatic heterocycles. The van der Waals surface area contributed by atoms with Crippen LogP contribution in [0.15, 0.2) is 24.4 Å². The molecule has 3 nitrogen and oxygen atoms in total. The van der Waals surface area contributed by atoms with Crippen molar-refractivity contribution >= 4 is 11.6 Å². The van der Waals surface area contributed by atoms with Gasteiger partial charge in [0.2, 0.25) is 0 Å². The lowest BCUT2D eigenvalue weighted by atomic mass is 10.2. The first-order valence-corrected chi connectivity index (χ1v) is 4.68. The van der Waals surface area contributed by atoms with E-state index < -0.39 is 5.82 Å². The van der Waals surface area contributed by atoms with Crippen molar-refractivity contribution in [3.8, 4) is 11.4 Å². The van der Waals surface area contributed by atoms with Crippen LogP contribution in [0.25, 0.3) is 11.4 Å². The van der Waals surface area contributed by atoms with E-state index in [9.17, 15) is 4.39 Å². The number of aliphatic hydroxyl groups is 1. The van der Waals surface area contributed by atoms with Gasteiger partial charge in [-0.15, -0.1) is 0 Å². The van der Waals surface area contributed by atoms with Crippen LogP contribution in [-0.4, -0.2) is 15.1 Å². The lowest BCUT2D eigenvalue weighted by Crippen LogP contribution is -1.85. The fourth-order valence-electron chi connectivity index (χ4n) is 1.28. The van der Waals surface area contributed by atoms with E-state index in [0.717, 1.165) is 0 Å². The lowest BCUT2D eigenvalue weighted by molar-refractivity contribution is 0.277. The summed E-state index contributed by atoms with van der Waals surface area (Å²) in [6.07, 6.45) is 1.49. The first-order chi connectivity index (χ1) is 7.19. The smallest absolute Gasteiger partial charge is 0.137 e. The van der Waals surface area contributed by atoms with Gasteiger partial charge in [0.1, 0.15) is 11.6 Å². The Morgan fingerprint density at radius 3 is 2.80 bits per heavy atom. The normalized spacial score (nSPS) is 10.6. The molecule has 1 aromatic carbocycles. The Balaban J connectivity index is 2.44. The molecule has 0 fully saturated rings. The van der Waals surface area contributed by atoms with Crippen LogP contribution in [0.1, 0.15) is 5.69 Å². The van der Waals surface area contributed by atoms with Crippen LogP contribution >= 0.6 is 11.6 Å². The molecule has 0 amide bonds. The topological polar surface area (TPSA) is 48.9 Å². The van der Waals surface area contributed by atoms with Crippen LogP contribution in [0.5, 0.6) is 0 Å². The zero-order chi connectivity index (χ0) is 10.8. The summed E-state index contributed by atoms with van der Waals surface area (Å²) in [6, 6.07) is 4.15. The molecule has 5 heteroatoms. The molecule has 0 radical (unpaired) electrons. The lowest BCUT2D eigenvalue weighted by Gasteiger charge is -1.98. The SMILES string of the molecule is OCc1cnc(-c2cc(F)cc(Cl)c2)[nH]1. The van der Waals surface area contributed by atoms with Crippen LogP contribution in [-0.2, 0) is 6.61 Å². The summed E-state index contributed by atoms with van der Waals surface area (Å²) in [6.45, 7) is -0.129. The second kappa shape index (κ2) is 4.00.